The molecule has 1 heterocycles. The molecule has 9 nitrogen and oxygen atoms in total. The smallest absolute Gasteiger partial charge is 0.431 e. The number of ether oxygens (including phenoxy) is 1. The van der Waals surface area contributed by atoms with Crippen LogP contribution in [-0.2, 0) is 28.8 Å². The summed E-state index contributed by atoms with van der Waals surface area (Å²) in [5.74, 6) is -2.18. The summed E-state index contributed by atoms with van der Waals surface area (Å²) in [5.41, 5.74) is 1.16. The molecule has 0 bridgehead atoms. The maximum Gasteiger partial charge on any atom is 0.431 e. The van der Waals surface area contributed by atoms with E-state index in [4.69, 9.17) is 4.74 Å². The van der Waals surface area contributed by atoms with Crippen molar-refractivity contribution in [3.8, 4) is 0 Å². The lowest BCUT2D eigenvalue weighted by atomic mass is 10.2. The first-order valence-electron chi connectivity index (χ1n) is 5.86. The molecular weight excluding hydrogens is 272 g/mol. The minimum Gasteiger partial charge on any atom is -0.442 e. The maximum absolute atomic E-state index is 11.3. The van der Waals surface area contributed by atoms with Crippen molar-refractivity contribution in [3.63, 3.8) is 0 Å². The van der Waals surface area contributed by atoms with Gasteiger partial charge >= 0.3 is 12.1 Å². The predicted molar refractivity (Wildman–Crippen MR) is 62.5 cm³/mol. The van der Waals surface area contributed by atoms with E-state index in [1.165, 1.54) is 0 Å². The first-order valence-corrected chi connectivity index (χ1v) is 5.86. The highest BCUT2D eigenvalue weighted by Crippen LogP contribution is 2.12. The van der Waals surface area contributed by atoms with Crippen LogP contribution >= 0.6 is 0 Å². The SMILES string of the molecule is CC(C)(C)OC(=O)NOCC(=O)ON1C(=O)CCC1=O. The van der Waals surface area contributed by atoms with Crippen LogP contribution in [0.25, 0.3) is 0 Å². The second kappa shape index (κ2) is 6.33. The largest absolute Gasteiger partial charge is 0.442 e. The van der Waals surface area contributed by atoms with Gasteiger partial charge in [-0.3, -0.25) is 14.4 Å². The molecule has 20 heavy (non-hydrogen) atoms. The highest BCUT2D eigenvalue weighted by atomic mass is 16.8. The fourth-order valence-electron chi connectivity index (χ4n) is 1.24. The zero-order valence-corrected chi connectivity index (χ0v) is 11.4. The summed E-state index contributed by atoms with van der Waals surface area (Å²) in [6.45, 7) is 4.30. The van der Waals surface area contributed by atoms with Gasteiger partial charge in [0.15, 0.2) is 6.61 Å². The van der Waals surface area contributed by atoms with Gasteiger partial charge in [-0.25, -0.2) is 9.59 Å². The molecule has 1 rings (SSSR count). The van der Waals surface area contributed by atoms with E-state index in [0.717, 1.165) is 0 Å². The van der Waals surface area contributed by atoms with Crippen LogP contribution in [0.2, 0.25) is 0 Å². The Bertz CT molecular complexity index is 411. The zero-order chi connectivity index (χ0) is 15.3. The van der Waals surface area contributed by atoms with Crippen molar-refractivity contribution in [3.05, 3.63) is 0 Å². The third-order valence-electron chi connectivity index (χ3n) is 1.94. The van der Waals surface area contributed by atoms with Crippen molar-refractivity contribution in [1.82, 2.24) is 10.5 Å². The van der Waals surface area contributed by atoms with Gasteiger partial charge in [0.1, 0.15) is 5.60 Å². The second-order valence-electron chi connectivity index (χ2n) is 4.94. The molecule has 0 saturated carbocycles. The normalized spacial score (nSPS) is 15.2. The predicted octanol–water partition coefficient (Wildman–Crippen LogP) is 0.0499. The number of nitrogens with zero attached hydrogens (tertiary/aromatic N) is 1. The Balaban J connectivity index is 2.25. The monoisotopic (exact) mass is 288 g/mol. The van der Waals surface area contributed by atoms with Gasteiger partial charge in [-0.2, -0.15) is 5.48 Å². The Morgan fingerprint density at radius 1 is 1.20 bits per heavy atom. The summed E-state index contributed by atoms with van der Waals surface area (Å²) in [5, 5.41) is 0.388. The Morgan fingerprint density at radius 3 is 2.25 bits per heavy atom. The molecule has 3 amide bonds. The summed E-state index contributed by atoms with van der Waals surface area (Å²) in [6.07, 6.45) is -0.870. The Hall–Kier alpha value is -2.16. The number of nitrogens with one attached hydrogen (secondary N) is 1. The Labute approximate surface area is 115 Å². The van der Waals surface area contributed by atoms with Crippen molar-refractivity contribution in [2.75, 3.05) is 6.61 Å². The minimum atomic E-state index is -0.996. The maximum atomic E-state index is 11.3. The molecule has 1 fully saturated rings. The summed E-state index contributed by atoms with van der Waals surface area (Å²) in [4.78, 5) is 53.8. The van der Waals surface area contributed by atoms with E-state index in [1.807, 2.05) is 5.48 Å². The van der Waals surface area contributed by atoms with Crippen LogP contribution in [0.3, 0.4) is 0 Å². The average molecular weight is 288 g/mol. The lowest BCUT2D eigenvalue weighted by Crippen LogP contribution is -2.36. The Kier molecular flexibility index (Phi) is 5.03. The number of rotatable bonds is 4. The van der Waals surface area contributed by atoms with E-state index in [-0.39, 0.29) is 12.8 Å². The molecule has 9 heteroatoms. The highest BCUT2D eigenvalue weighted by Gasteiger charge is 2.32. The molecule has 1 aliphatic rings. The van der Waals surface area contributed by atoms with Crippen molar-refractivity contribution in [2.45, 2.75) is 39.2 Å². The molecule has 0 radical (unpaired) electrons. The average Bonchev–Trinajstić information content (AvgIpc) is 2.58. The summed E-state index contributed by atoms with van der Waals surface area (Å²) < 4.78 is 4.84. The molecule has 1 saturated heterocycles. The molecule has 0 atom stereocenters. The van der Waals surface area contributed by atoms with E-state index in [1.54, 1.807) is 20.8 Å². The summed E-state index contributed by atoms with van der Waals surface area (Å²) >= 11 is 0. The molecule has 112 valence electrons. The molecule has 0 aromatic heterocycles. The van der Waals surface area contributed by atoms with Crippen LogP contribution in [0, 0.1) is 0 Å². The van der Waals surface area contributed by atoms with E-state index in [0.29, 0.717) is 5.06 Å². The number of hydrogen-bond donors (Lipinski definition) is 1. The van der Waals surface area contributed by atoms with Crippen LogP contribution in [0.15, 0.2) is 0 Å². The van der Waals surface area contributed by atoms with Crippen LogP contribution in [0.5, 0.6) is 0 Å². The number of imide groups is 1. The van der Waals surface area contributed by atoms with Gasteiger partial charge < -0.3 is 9.57 Å². The molecule has 0 aromatic rings. The molecular formula is C11H16N2O7. The topological polar surface area (TPSA) is 111 Å². The molecule has 0 unspecified atom stereocenters. The van der Waals surface area contributed by atoms with E-state index in [9.17, 15) is 19.2 Å². The number of hydrogen-bond acceptors (Lipinski definition) is 7. The van der Waals surface area contributed by atoms with Gasteiger partial charge in [-0.15, -0.1) is 5.06 Å². The molecule has 1 aliphatic heterocycles. The lowest BCUT2D eigenvalue weighted by molar-refractivity contribution is -0.201. The first-order chi connectivity index (χ1) is 9.19. The van der Waals surface area contributed by atoms with E-state index < -0.39 is 36.1 Å². The van der Waals surface area contributed by atoms with Crippen molar-refractivity contribution >= 4 is 23.9 Å². The van der Waals surface area contributed by atoms with Crippen LogP contribution in [0.4, 0.5) is 4.79 Å². The number of carbonyl (C=O) groups excluding carboxylic acids is 4. The van der Waals surface area contributed by atoms with Gasteiger partial charge in [0.2, 0.25) is 0 Å². The van der Waals surface area contributed by atoms with Crippen molar-refractivity contribution in [1.29, 1.82) is 0 Å². The molecule has 0 spiro atoms. The first kappa shape index (κ1) is 15.9. The number of hydroxylamine groups is 3. The van der Waals surface area contributed by atoms with Crippen LogP contribution in [-0.4, -0.2) is 41.1 Å². The second-order valence-corrected chi connectivity index (χ2v) is 4.94. The van der Waals surface area contributed by atoms with Crippen molar-refractivity contribution < 1.29 is 33.6 Å². The highest BCUT2D eigenvalue weighted by molar-refractivity contribution is 6.01. The van der Waals surface area contributed by atoms with Gasteiger partial charge in [0.25, 0.3) is 11.8 Å². The van der Waals surface area contributed by atoms with Crippen LogP contribution < -0.4 is 5.48 Å². The van der Waals surface area contributed by atoms with Gasteiger partial charge in [-0.1, -0.05) is 0 Å². The van der Waals surface area contributed by atoms with E-state index in [2.05, 4.69) is 9.68 Å². The van der Waals surface area contributed by atoms with E-state index >= 15 is 0 Å². The fraction of sp³-hybridized carbons (Fsp3) is 0.636. The Morgan fingerprint density at radius 2 is 1.75 bits per heavy atom. The van der Waals surface area contributed by atoms with Crippen LogP contribution in [0.1, 0.15) is 33.6 Å². The van der Waals surface area contributed by atoms with Crippen molar-refractivity contribution in [2.24, 2.45) is 0 Å². The van der Waals surface area contributed by atoms with Gasteiger partial charge in [-0.05, 0) is 20.8 Å². The summed E-state index contributed by atoms with van der Waals surface area (Å²) in [6, 6.07) is 0. The minimum absolute atomic E-state index is 0.00310. The molecule has 0 aromatic carbocycles. The standard InChI is InChI=1S/C11H16N2O7/c1-11(2,3)19-10(17)12-18-6-9(16)20-13-7(14)4-5-8(13)15/h4-6H2,1-3H3,(H,12,17). The molecule has 0 aliphatic carbocycles. The third-order valence-corrected chi connectivity index (χ3v) is 1.94. The quantitative estimate of drug-likeness (QED) is 0.574. The fourth-order valence-corrected chi connectivity index (χ4v) is 1.24. The molecule has 1 N–H and O–H groups in total. The lowest BCUT2D eigenvalue weighted by Gasteiger charge is -2.19. The summed E-state index contributed by atoms with van der Waals surface area (Å²) in [7, 11) is 0. The number of amides is 3. The third kappa shape index (κ3) is 5.22. The zero-order valence-electron chi connectivity index (χ0n) is 11.4. The van der Waals surface area contributed by atoms with Gasteiger partial charge in [0, 0.05) is 12.8 Å². The van der Waals surface area contributed by atoms with Gasteiger partial charge in [0.05, 0.1) is 0 Å². The number of carbonyl (C=O) groups is 4.